The molecule has 1 aromatic carbocycles. The summed E-state index contributed by atoms with van der Waals surface area (Å²) in [4.78, 5) is 4.53. The van der Waals surface area contributed by atoms with Gasteiger partial charge in [-0.2, -0.15) is 0 Å². The Labute approximate surface area is 112 Å². The van der Waals surface area contributed by atoms with Crippen LogP contribution in [0.2, 0.25) is 5.02 Å². The minimum Gasteiger partial charge on any atom is -0.252 e. The normalized spacial score (nSPS) is 15.0. The molecule has 1 aliphatic rings. The number of hydrogen-bond acceptors (Lipinski definition) is 1. The van der Waals surface area contributed by atoms with Crippen LogP contribution in [0.1, 0.15) is 24.1 Å². The Bertz CT molecular complexity index is 612. The summed E-state index contributed by atoms with van der Waals surface area (Å²) in [5.41, 5.74) is 2.83. The van der Waals surface area contributed by atoms with Crippen molar-refractivity contribution in [3.05, 3.63) is 38.7 Å². The van der Waals surface area contributed by atoms with Crippen molar-refractivity contribution in [1.82, 2.24) is 4.98 Å². The zero-order chi connectivity index (χ0) is 12.0. The van der Waals surface area contributed by atoms with E-state index in [9.17, 15) is 4.39 Å². The fourth-order valence-corrected chi connectivity index (χ4v) is 3.06. The van der Waals surface area contributed by atoms with E-state index in [1.54, 1.807) is 6.07 Å². The van der Waals surface area contributed by atoms with Crippen molar-refractivity contribution in [3.8, 4) is 0 Å². The van der Waals surface area contributed by atoms with Crippen LogP contribution >= 0.6 is 27.5 Å². The molecule has 0 spiro atoms. The smallest absolute Gasteiger partial charge is 0.139 e. The fraction of sp³-hybridized carbons (Fsp3) is 0.308. The number of benzene rings is 1. The molecule has 3 rings (SSSR count). The van der Waals surface area contributed by atoms with Crippen LogP contribution < -0.4 is 0 Å². The first-order valence-corrected chi connectivity index (χ1v) is 6.80. The number of fused-ring (bicyclic) bond motifs is 2. The van der Waals surface area contributed by atoms with Crippen molar-refractivity contribution in [3.63, 3.8) is 0 Å². The number of aryl methyl sites for hydroxylation is 1. The fourth-order valence-electron chi connectivity index (χ4n) is 2.36. The van der Waals surface area contributed by atoms with Gasteiger partial charge in [-0.1, -0.05) is 11.6 Å². The first kappa shape index (κ1) is 11.4. The van der Waals surface area contributed by atoms with E-state index in [-0.39, 0.29) is 5.82 Å². The van der Waals surface area contributed by atoms with E-state index in [1.165, 1.54) is 6.07 Å². The molecule has 4 heteroatoms. The molecule has 0 radical (unpaired) electrons. The van der Waals surface area contributed by atoms with Gasteiger partial charge in [-0.15, -0.1) is 0 Å². The third-order valence-electron chi connectivity index (χ3n) is 3.23. The first-order valence-electron chi connectivity index (χ1n) is 5.63. The molecule has 1 aromatic heterocycles. The SMILES string of the molecule is Fc1cc2nc3c(c(Cl)c2cc1Br)CCCC3. The number of halogens is 3. The average molecular weight is 315 g/mol. The number of aromatic nitrogens is 1. The maximum Gasteiger partial charge on any atom is 0.139 e. The minimum atomic E-state index is -0.295. The summed E-state index contributed by atoms with van der Waals surface area (Å²) >= 11 is 9.59. The molecule has 1 heterocycles. The zero-order valence-corrected chi connectivity index (χ0v) is 11.4. The van der Waals surface area contributed by atoms with Crippen LogP contribution in [-0.2, 0) is 12.8 Å². The third-order valence-corrected chi connectivity index (χ3v) is 4.27. The van der Waals surface area contributed by atoms with Gasteiger partial charge in [-0.05, 0) is 53.2 Å². The predicted molar refractivity (Wildman–Crippen MR) is 71.1 cm³/mol. The van der Waals surface area contributed by atoms with Gasteiger partial charge in [0.2, 0.25) is 0 Å². The van der Waals surface area contributed by atoms with Crippen LogP contribution in [-0.4, -0.2) is 4.98 Å². The summed E-state index contributed by atoms with van der Waals surface area (Å²) in [6.07, 6.45) is 4.22. The predicted octanol–water partition coefficient (Wildman–Crippen LogP) is 4.67. The summed E-state index contributed by atoms with van der Waals surface area (Å²) in [5.74, 6) is -0.295. The van der Waals surface area contributed by atoms with Gasteiger partial charge in [0.25, 0.3) is 0 Å². The molecule has 0 fully saturated rings. The Kier molecular flexibility index (Phi) is 2.83. The quantitative estimate of drug-likeness (QED) is 0.688. The van der Waals surface area contributed by atoms with Crippen molar-refractivity contribution < 1.29 is 4.39 Å². The van der Waals surface area contributed by atoms with E-state index >= 15 is 0 Å². The second-order valence-corrected chi connectivity index (χ2v) is 5.57. The summed E-state index contributed by atoms with van der Waals surface area (Å²) in [6, 6.07) is 3.16. The monoisotopic (exact) mass is 313 g/mol. The van der Waals surface area contributed by atoms with Gasteiger partial charge < -0.3 is 0 Å². The molecule has 1 nitrogen and oxygen atoms in total. The second-order valence-electron chi connectivity index (χ2n) is 4.34. The van der Waals surface area contributed by atoms with Gasteiger partial charge in [-0.3, -0.25) is 4.98 Å². The third kappa shape index (κ3) is 1.85. The number of nitrogens with zero attached hydrogens (tertiary/aromatic N) is 1. The lowest BCUT2D eigenvalue weighted by atomic mass is 9.94. The van der Waals surface area contributed by atoms with E-state index in [0.717, 1.165) is 47.3 Å². The van der Waals surface area contributed by atoms with E-state index in [0.29, 0.717) is 9.99 Å². The lowest BCUT2D eigenvalue weighted by Gasteiger charge is -2.17. The highest BCUT2D eigenvalue weighted by molar-refractivity contribution is 9.10. The molecule has 0 amide bonds. The molecule has 1 aliphatic carbocycles. The van der Waals surface area contributed by atoms with Crippen molar-refractivity contribution in [2.24, 2.45) is 0 Å². The Morgan fingerprint density at radius 3 is 2.82 bits per heavy atom. The van der Waals surface area contributed by atoms with Crippen LogP contribution in [0.25, 0.3) is 10.9 Å². The van der Waals surface area contributed by atoms with E-state index in [1.807, 2.05) is 0 Å². The number of hydrogen-bond donors (Lipinski definition) is 0. The molecule has 88 valence electrons. The number of rotatable bonds is 0. The topological polar surface area (TPSA) is 12.9 Å². The molecule has 2 aromatic rings. The van der Waals surface area contributed by atoms with Crippen molar-refractivity contribution in [1.29, 1.82) is 0 Å². The zero-order valence-electron chi connectivity index (χ0n) is 9.06. The number of pyridine rings is 1. The van der Waals surface area contributed by atoms with Crippen molar-refractivity contribution in [2.45, 2.75) is 25.7 Å². The molecule has 0 unspecified atom stereocenters. The van der Waals surface area contributed by atoms with Crippen LogP contribution in [0.4, 0.5) is 4.39 Å². The van der Waals surface area contributed by atoms with Gasteiger partial charge in [-0.25, -0.2) is 4.39 Å². The lowest BCUT2D eigenvalue weighted by Crippen LogP contribution is -2.06. The lowest BCUT2D eigenvalue weighted by molar-refractivity contribution is 0.622. The summed E-state index contributed by atoms with van der Waals surface area (Å²) in [6.45, 7) is 0. The van der Waals surface area contributed by atoms with Crippen molar-refractivity contribution in [2.75, 3.05) is 0 Å². The average Bonchev–Trinajstić information content (AvgIpc) is 2.32. The molecular formula is C13H10BrClFN. The second kappa shape index (κ2) is 4.21. The molecule has 0 bridgehead atoms. The highest BCUT2D eigenvalue weighted by Crippen LogP contribution is 2.34. The maximum absolute atomic E-state index is 13.5. The Morgan fingerprint density at radius 2 is 2.00 bits per heavy atom. The van der Waals surface area contributed by atoms with Gasteiger partial charge >= 0.3 is 0 Å². The molecule has 0 N–H and O–H groups in total. The summed E-state index contributed by atoms with van der Waals surface area (Å²) < 4.78 is 13.9. The molecule has 0 saturated carbocycles. The van der Waals surface area contributed by atoms with Crippen LogP contribution in [0, 0.1) is 5.82 Å². The van der Waals surface area contributed by atoms with Crippen LogP contribution in [0.5, 0.6) is 0 Å². The largest absolute Gasteiger partial charge is 0.252 e. The van der Waals surface area contributed by atoms with E-state index in [2.05, 4.69) is 20.9 Å². The molecule has 0 aliphatic heterocycles. The Balaban J connectivity index is 2.36. The molecular weight excluding hydrogens is 305 g/mol. The van der Waals surface area contributed by atoms with Gasteiger partial charge in [0, 0.05) is 17.1 Å². The van der Waals surface area contributed by atoms with Crippen LogP contribution in [0.3, 0.4) is 0 Å². The minimum absolute atomic E-state index is 0.295. The first-order chi connectivity index (χ1) is 8.16. The van der Waals surface area contributed by atoms with Crippen molar-refractivity contribution >= 4 is 38.4 Å². The Hall–Kier alpha value is -0.670. The summed E-state index contributed by atoms with van der Waals surface area (Å²) in [5, 5.41) is 1.57. The Morgan fingerprint density at radius 1 is 1.24 bits per heavy atom. The highest BCUT2D eigenvalue weighted by atomic mass is 79.9. The highest BCUT2D eigenvalue weighted by Gasteiger charge is 2.17. The summed E-state index contributed by atoms with van der Waals surface area (Å²) in [7, 11) is 0. The van der Waals surface area contributed by atoms with E-state index < -0.39 is 0 Å². The molecule has 17 heavy (non-hydrogen) atoms. The van der Waals surface area contributed by atoms with Gasteiger partial charge in [0.15, 0.2) is 0 Å². The van der Waals surface area contributed by atoms with Gasteiger partial charge in [0.1, 0.15) is 5.82 Å². The van der Waals surface area contributed by atoms with Crippen LogP contribution in [0.15, 0.2) is 16.6 Å². The van der Waals surface area contributed by atoms with Gasteiger partial charge in [0.05, 0.1) is 15.0 Å². The van der Waals surface area contributed by atoms with E-state index in [4.69, 9.17) is 11.6 Å². The molecule has 0 saturated heterocycles. The maximum atomic E-state index is 13.5. The standard InChI is InChI=1S/C13H10BrClFN/c14-9-5-8-12(6-10(9)16)17-11-4-2-1-3-7(11)13(8)15/h5-6H,1-4H2. The molecule has 0 atom stereocenters.